The van der Waals surface area contributed by atoms with Crippen molar-refractivity contribution in [3.8, 4) is 0 Å². The number of hydrogen-bond acceptors (Lipinski definition) is 5. The smallest absolute Gasteiger partial charge is 0.356 e. The summed E-state index contributed by atoms with van der Waals surface area (Å²) in [5, 5.41) is 0.803. The Morgan fingerprint density at radius 1 is 0.829 bits per heavy atom. The quantitative estimate of drug-likeness (QED) is 0.198. The van der Waals surface area contributed by atoms with Crippen molar-refractivity contribution in [2.45, 2.75) is 51.5 Å². The van der Waals surface area contributed by atoms with Crippen molar-refractivity contribution in [1.82, 2.24) is 15.0 Å². The van der Waals surface area contributed by atoms with Crippen LogP contribution in [0.2, 0.25) is 0 Å². The number of aromatic nitrogens is 3. The minimum absolute atomic E-state index is 0.0297. The van der Waals surface area contributed by atoms with Gasteiger partial charge in [-0.1, -0.05) is 31.0 Å². The summed E-state index contributed by atoms with van der Waals surface area (Å²) < 4.78 is 82.7. The Hall–Kier alpha value is -3.89. The number of nitrogens with zero attached hydrogens (tertiary/aromatic N) is 5. The van der Waals surface area contributed by atoms with E-state index in [1.165, 1.54) is 23.4 Å². The van der Waals surface area contributed by atoms with Crippen LogP contribution in [0.3, 0.4) is 0 Å². The summed E-state index contributed by atoms with van der Waals surface area (Å²) in [6, 6.07) is 12.4. The highest BCUT2D eigenvalue weighted by molar-refractivity contribution is 5.82. The zero-order valence-electron chi connectivity index (χ0n) is 22.4. The van der Waals surface area contributed by atoms with Crippen LogP contribution in [0.5, 0.6) is 0 Å². The highest BCUT2D eigenvalue weighted by Crippen LogP contribution is 2.40. The molecule has 2 aromatic carbocycles. The van der Waals surface area contributed by atoms with Gasteiger partial charge in [0, 0.05) is 42.1 Å². The number of para-hydroxylation sites is 1. The van der Waals surface area contributed by atoms with E-state index >= 15 is 0 Å². The Labute approximate surface area is 233 Å². The lowest BCUT2D eigenvalue weighted by Crippen LogP contribution is -2.31. The van der Waals surface area contributed by atoms with Crippen molar-refractivity contribution >= 4 is 28.4 Å². The van der Waals surface area contributed by atoms with E-state index in [9.17, 15) is 26.3 Å². The molecule has 41 heavy (non-hydrogen) atoms. The third-order valence-electron chi connectivity index (χ3n) is 7.42. The summed E-state index contributed by atoms with van der Waals surface area (Å²) in [6.45, 7) is 3.31. The van der Waals surface area contributed by atoms with Crippen LogP contribution in [-0.2, 0) is 18.9 Å². The second-order valence-electron chi connectivity index (χ2n) is 10.3. The van der Waals surface area contributed by atoms with Crippen LogP contribution in [0.25, 0.3) is 10.9 Å². The predicted molar refractivity (Wildman–Crippen MR) is 146 cm³/mol. The minimum atomic E-state index is -4.99. The molecule has 1 aliphatic carbocycles. The summed E-state index contributed by atoms with van der Waals surface area (Å²) in [5.41, 5.74) is -1.75. The number of anilines is 3. The number of fused-ring (bicyclic) bond motifs is 1. The lowest BCUT2D eigenvalue weighted by atomic mass is 10.1. The zero-order chi connectivity index (χ0) is 29.2. The molecule has 0 N–H and O–H groups in total. The van der Waals surface area contributed by atoms with E-state index in [-0.39, 0.29) is 24.2 Å². The highest BCUT2D eigenvalue weighted by Gasteiger charge is 2.38. The molecule has 0 aliphatic heterocycles. The van der Waals surface area contributed by atoms with E-state index in [4.69, 9.17) is 4.98 Å². The third kappa shape index (κ3) is 6.55. The van der Waals surface area contributed by atoms with E-state index in [1.807, 2.05) is 37.3 Å². The number of alkyl halides is 6. The molecule has 0 unspecified atom stereocenters. The molecule has 0 atom stereocenters. The fraction of sp³-hybridized carbons (Fsp3) is 0.367. The second-order valence-corrected chi connectivity index (χ2v) is 10.3. The molecule has 0 radical (unpaired) electrons. The summed E-state index contributed by atoms with van der Waals surface area (Å²) in [6.07, 6.45) is -2.66. The summed E-state index contributed by atoms with van der Waals surface area (Å²) >= 11 is 0. The highest BCUT2D eigenvalue weighted by atomic mass is 19.4. The van der Waals surface area contributed by atoms with Gasteiger partial charge >= 0.3 is 12.4 Å². The average Bonchev–Trinajstić information content (AvgIpc) is 3.47. The molecule has 2 aromatic heterocycles. The van der Waals surface area contributed by atoms with Gasteiger partial charge in [-0.3, -0.25) is 0 Å². The second kappa shape index (κ2) is 11.5. The normalized spacial score (nSPS) is 14.5. The number of benzene rings is 2. The Morgan fingerprint density at radius 3 is 2.07 bits per heavy atom. The molecule has 0 bridgehead atoms. The zero-order valence-corrected chi connectivity index (χ0v) is 22.4. The molecule has 216 valence electrons. The van der Waals surface area contributed by atoms with Crippen LogP contribution in [0.1, 0.15) is 49.3 Å². The molecule has 0 spiro atoms. The Kier molecular flexibility index (Phi) is 8.06. The minimum Gasteiger partial charge on any atom is -0.356 e. The van der Waals surface area contributed by atoms with Gasteiger partial charge < -0.3 is 9.80 Å². The maximum absolute atomic E-state index is 13.8. The Bertz CT molecular complexity index is 1450. The monoisotopic (exact) mass is 573 g/mol. The lowest BCUT2D eigenvalue weighted by Gasteiger charge is -2.30. The van der Waals surface area contributed by atoms with Gasteiger partial charge in [-0.25, -0.2) is 15.0 Å². The van der Waals surface area contributed by atoms with Gasteiger partial charge in [0.15, 0.2) is 0 Å². The van der Waals surface area contributed by atoms with Crippen molar-refractivity contribution in [3.63, 3.8) is 0 Å². The molecule has 2 heterocycles. The van der Waals surface area contributed by atoms with E-state index < -0.39 is 23.5 Å². The van der Waals surface area contributed by atoms with Gasteiger partial charge in [0.25, 0.3) is 0 Å². The molecule has 11 heteroatoms. The lowest BCUT2D eigenvalue weighted by molar-refractivity contribution is -0.143. The molecule has 0 saturated heterocycles. The Balaban J connectivity index is 1.66. The van der Waals surface area contributed by atoms with Gasteiger partial charge in [-0.05, 0) is 62.1 Å². The first-order chi connectivity index (χ1) is 19.5. The number of rotatable bonds is 8. The topological polar surface area (TPSA) is 45.2 Å². The van der Waals surface area contributed by atoms with E-state index in [2.05, 4.69) is 14.9 Å². The van der Waals surface area contributed by atoms with Crippen LogP contribution in [0.4, 0.5) is 43.8 Å². The van der Waals surface area contributed by atoms with E-state index in [0.717, 1.165) is 43.1 Å². The molecule has 5 nitrogen and oxygen atoms in total. The van der Waals surface area contributed by atoms with Crippen LogP contribution in [-0.4, -0.2) is 28.0 Å². The van der Waals surface area contributed by atoms with Crippen LogP contribution >= 0.6 is 0 Å². The average molecular weight is 574 g/mol. The van der Waals surface area contributed by atoms with Crippen molar-refractivity contribution in [2.24, 2.45) is 5.92 Å². The van der Waals surface area contributed by atoms with Crippen molar-refractivity contribution in [1.29, 1.82) is 0 Å². The van der Waals surface area contributed by atoms with Gasteiger partial charge in [-0.2, -0.15) is 26.3 Å². The fourth-order valence-corrected chi connectivity index (χ4v) is 5.38. The van der Waals surface area contributed by atoms with Crippen LogP contribution in [0, 0.1) is 5.92 Å². The molecular formula is C30H29F6N5. The number of hydrogen-bond donors (Lipinski definition) is 0. The standard InChI is InChI=1S/C30H29F6N5/c1-2-40(18-20-8-3-4-9-20)27-22(14-21-10-5-6-11-26(21)39-27)19-41(28-37-12-7-13-38-28)25-16-23(29(31,32)33)15-24(17-25)30(34,35)36/h5-7,10-17,20H,2-4,8-9,18-19H2,1H3. The van der Waals surface area contributed by atoms with Crippen molar-refractivity contribution in [3.05, 3.63) is 83.7 Å². The maximum atomic E-state index is 13.8. The molecule has 1 aliphatic rings. The predicted octanol–water partition coefficient (Wildman–Crippen LogP) is 8.42. The van der Waals surface area contributed by atoms with Crippen LogP contribution < -0.4 is 9.80 Å². The molecule has 5 rings (SSSR count). The van der Waals surface area contributed by atoms with E-state index in [1.54, 1.807) is 0 Å². The van der Waals surface area contributed by atoms with Gasteiger partial charge in [0.1, 0.15) is 5.82 Å². The van der Waals surface area contributed by atoms with Crippen LogP contribution in [0.15, 0.2) is 67.0 Å². The molecular weight excluding hydrogens is 544 g/mol. The Morgan fingerprint density at radius 2 is 1.46 bits per heavy atom. The molecule has 1 saturated carbocycles. The largest absolute Gasteiger partial charge is 0.416 e. The number of halogens is 6. The molecule has 4 aromatic rings. The van der Waals surface area contributed by atoms with Crippen molar-refractivity contribution < 1.29 is 26.3 Å². The summed E-state index contributed by atoms with van der Waals surface area (Å²) in [5.74, 6) is 1.10. The summed E-state index contributed by atoms with van der Waals surface area (Å²) in [4.78, 5) is 16.8. The number of pyridine rings is 1. The third-order valence-corrected chi connectivity index (χ3v) is 7.42. The first kappa shape index (κ1) is 28.6. The van der Waals surface area contributed by atoms with Gasteiger partial charge in [0.05, 0.1) is 23.2 Å². The maximum Gasteiger partial charge on any atom is 0.416 e. The molecule has 0 amide bonds. The van der Waals surface area contributed by atoms with Gasteiger partial charge in [0.2, 0.25) is 5.95 Å². The first-order valence-electron chi connectivity index (χ1n) is 13.5. The summed E-state index contributed by atoms with van der Waals surface area (Å²) in [7, 11) is 0. The van der Waals surface area contributed by atoms with Gasteiger partial charge in [-0.15, -0.1) is 0 Å². The first-order valence-corrected chi connectivity index (χ1v) is 13.5. The molecule has 1 fully saturated rings. The fourth-order valence-electron chi connectivity index (χ4n) is 5.38. The SMILES string of the molecule is CCN(CC1CCCC1)c1nc2ccccc2cc1CN(c1cc(C(F)(F)F)cc(C(F)(F)F)c1)c1ncccn1. The van der Waals surface area contributed by atoms with E-state index in [0.29, 0.717) is 36.0 Å². The van der Waals surface area contributed by atoms with Crippen molar-refractivity contribution in [2.75, 3.05) is 22.9 Å².